The van der Waals surface area contributed by atoms with Gasteiger partial charge in [-0.05, 0) is 18.4 Å². The summed E-state index contributed by atoms with van der Waals surface area (Å²) in [5, 5.41) is 11.8. The van der Waals surface area contributed by atoms with Crippen LogP contribution in [0.4, 0.5) is 4.79 Å². The van der Waals surface area contributed by atoms with Gasteiger partial charge in [0.05, 0.1) is 0 Å². The van der Waals surface area contributed by atoms with Crippen molar-refractivity contribution < 1.29 is 14.7 Å². The summed E-state index contributed by atoms with van der Waals surface area (Å²) in [4.78, 5) is 24.8. The number of urea groups is 1. The van der Waals surface area contributed by atoms with Gasteiger partial charge in [0.25, 0.3) is 0 Å². The Morgan fingerprint density at radius 3 is 2.33 bits per heavy atom. The largest absolute Gasteiger partial charge is 0.480 e. The van der Waals surface area contributed by atoms with Gasteiger partial charge in [-0.2, -0.15) is 0 Å². The Balaban J connectivity index is 2.64. The fourth-order valence-corrected chi connectivity index (χ4v) is 1.97. The fraction of sp³-hybridized carbons (Fsp3) is 0.500. The van der Waals surface area contributed by atoms with Crippen LogP contribution in [0.25, 0.3) is 0 Å². The molecule has 0 radical (unpaired) electrons. The van der Waals surface area contributed by atoms with E-state index in [1.165, 1.54) is 4.90 Å². The Bertz CT molecular complexity index is 485. The van der Waals surface area contributed by atoms with Crippen LogP contribution in [-0.2, 0) is 11.3 Å². The van der Waals surface area contributed by atoms with Gasteiger partial charge in [0.1, 0.15) is 6.04 Å². The van der Waals surface area contributed by atoms with E-state index in [-0.39, 0.29) is 11.9 Å². The molecule has 0 bridgehead atoms. The molecule has 1 aromatic carbocycles. The molecule has 0 heterocycles. The molecule has 0 saturated carbocycles. The summed E-state index contributed by atoms with van der Waals surface area (Å²) in [5.41, 5.74) is 2.17. The van der Waals surface area contributed by atoms with Gasteiger partial charge in [0.2, 0.25) is 0 Å². The number of carboxylic acid groups (broad SMARTS) is 1. The maximum absolute atomic E-state index is 12.1. The third-order valence-corrected chi connectivity index (χ3v) is 3.65. The van der Waals surface area contributed by atoms with E-state index < -0.39 is 12.0 Å². The molecule has 2 N–H and O–H groups in total. The number of hydrogen-bond acceptors (Lipinski definition) is 2. The number of hydrogen-bond donors (Lipinski definition) is 2. The van der Waals surface area contributed by atoms with E-state index in [9.17, 15) is 14.7 Å². The van der Waals surface area contributed by atoms with E-state index in [0.717, 1.165) is 11.1 Å². The first-order valence-electron chi connectivity index (χ1n) is 7.15. The number of carbonyl (C=O) groups excluding carboxylic acids is 1. The van der Waals surface area contributed by atoms with E-state index >= 15 is 0 Å². The lowest BCUT2D eigenvalue weighted by molar-refractivity contribution is -0.140. The Morgan fingerprint density at radius 1 is 1.29 bits per heavy atom. The van der Waals surface area contributed by atoms with Crippen LogP contribution in [0.2, 0.25) is 0 Å². The lowest BCUT2D eigenvalue weighted by atomic mass is 9.99. The topological polar surface area (TPSA) is 69.6 Å². The maximum Gasteiger partial charge on any atom is 0.326 e. The molecule has 0 fully saturated rings. The zero-order valence-electron chi connectivity index (χ0n) is 13.1. The van der Waals surface area contributed by atoms with E-state index in [1.807, 2.05) is 45.0 Å². The highest BCUT2D eigenvalue weighted by atomic mass is 16.4. The number of carbonyl (C=O) groups is 2. The summed E-state index contributed by atoms with van der Waals surface area (Å²) >= 11 is 0. The molecule has 0 aliphatic heterocycles. The zero-order chi connectivity index (χ0) is 16.0. The third kappa shape index (κ3) is 5.10. The molecule has 1 rings (SSSR count). The molecule has 0 aliphatic carbocycles. The summed E-state index contributed by atoms with van der Waals surface area (Å²) in [7, 11) is 1.66. The third-order valence-electron chi connectivity index (χ3n) is 3.65. The molecule has 2 unspecified atom stereocenters. The molecule has 0 aromatic heterocycles. The first kappa shape index (κ1) is 17.0. The highest BCUT2D eigenvalue weighted by molar-refractivity contribution is 5.82. The summed E-state index contributed by atoms with van der Waals surface area (Å²) in [6.07, 6.45) is 0.693. The van der Waals surface area contributed by atoms with Crippen LogP contribution in [0.3, 0.4) is 0 Å². The average molecular weight is 292 g/mol. The monoisotopic (exact) mass is 292 g/mol. The number of nitrogens with zero attached hydrogens (tertiary/aromatic N) is 1. The average Bonchev–Trinajstić information content (AvgIpc) is 2.45. The van der Waals surface area contributed by atoms with Crippen molar-refractivity contribution in [1.29, 1.82) is 0 Å². The first-order valence-corrected chi connectivity index (χ1v) is 7.15. The number of aryl methyl sites for hydroxylation is 1. The van der Waals surface area contributed by atoms with Gasteiger partial charge in [-0.15, -0.1) is 0 Å². The molecular formula is C16H24N2O3. The smallest absolute Gasteiger partial charge is 0.326 e. The van der Waals surface area contributed by atoms with Crippen LogP contribution < -0.4 is 5.32 Å². The van der Waals surface area contributed by atoms with Crippen molar-refractivity contribution >= 4 is 12.0 Å². The van der Waals surface area contributed by atoms with Crippen LogP contribution in [0.1, 0.15) is 31.4 Å². The van der Waals surface area contributed by atoms with E-state index in [4.69, 9.17) is 0 Å². The second-order valence-corrected chi connectivity index (χ2v) is 5.49. The van der Waals surface area contributed by atoms with E-state index in [2.05, 4.69) is 5.32 Å². The number of nitrogens with one attached hydrogen (secondary N) is 1. The number of amides is 2. The molecule has 5 heteroatoms. The summed E-state index contributed by atoms with van der Waals surface area (Å²) in [6.45, 7) is 6.17. The highest BCUT2D eigenvalue weighted by Crippen LogP contribution is 2.10. The Labute approximate surface area is 126 Å². The molecular weight excluding hydrogens is 268 g/mol. The minimum absolute atomic E-state index is 0.112. The van der Waals surface area contributed by atoms with Gasteiger partial charge < -0.3 is 15.3 Å². The van der Waals surface area contributed by atoms with Crippen molar-refractivity contribution in [3.05, 3.63) is 35.4 Å². The number of carboxylic acids is 1. The van der Waals surface area contributed by atoms with Crippen molar-refractivity contribution in [3.63, 3.8) is 0 Å². The minimum atomic E-state index is -0.999. The normalized spacial score (nSPS) is 13.3. The molecule has 2 amide bonds. The quantitative estimate of drug-likeness (QED) is 0.847. The van der Waals surface area contributed by atoms with Gasteiger partial charge in [-0.1, -0.05) is 50.1 Å². The molecule has 2 atom stereocenters. The maximum atomic E-state index is 12.1. The molecule has 0 saturated heterocycles. The van der Waals surface area contributed by atoms with Crippen LogP contribution in [0.5, 0.6) is 0 Å². The van der Waals surface area contributed by atoms with Crippen LogP contribution in [-0.4, -0.2) is 35.1 Å². The molecule has 5 nitrogen and oxygen atoms in total. The first-order chi connectivity index (χ1) is 9.85. The summed E-state index contributed by atoms with van der Waals surface area (Å²) in [6, 6.07) is 6.66. The van der Waals surface area contributed by atoms with Gasteiger partial charge in [-0.3, -0.25) is 0 Å². The van der Waals surface area contributed by atoms with Gasteiger partial charge >= 0.3 is 12.0 Å². The van der Waals surface area contributed by atoms with Gasteiger partial charge in [-0.25, -0.2) is 9.59 Å². The number of aliphatic carboxylic acids is 1. The predicted octanol–water partition coefficient (Wildman–Crippen LogP) is 2.64. The summed E-state index contributed by atoms with van der Waals surface area (Å²) < 4.78 is 0. The van der Waals surface area contributed by atoms with Crippen molar-refractivity contribution in [2.75, 3.05) is 7.05 Å². The van der Waals surface area contributed by atoms with Crippen molar-refractivity contribution in [2.24, 2.45) is 5.92 Å². The number of rotatable bonds is 6. The summed E-state index contributed by atoms with van der Waals surface area (Å²) in [5.74, 6) is -1.11. The lowest BCUT2D eigenvalue weighted by Crippen LogP contribution is -2.49. The van der Waals surface area contributed by atoms with Gasteiger partial charge in [0.15, 0.2) is 0 Å². The van der Waals surface area contributed by atoms with Crippen molar-refractivity contribution in [3.8, 4) is 0 Å². The van der Waals surface area contributed by atoms with Crippen LogP contribution in [0.15, 0.2) is 24.3 Å². The predicted molar refractivity (Wildman–Crippen MR) is 82.1 cm³/mol. The molecule has 0 aliphatic rings. The standard InChI is InChI=1S/C16H24N2O3/c1-5-12(3)14(15(19)20)17-16(21)18(4)10-13-8-6-11(2)7-9-13/h6-9,12,14H,5,10H2,1-4H3,(H,17,21)(H,19,20). The van der Waals surface area contributed by atoms with Crippen molar-refractivity contribution in [1.82, 2.24) is 10.2 Å². The molecule has 21 heavy (non-hydrogen) atoms. The second kappa shape index (κ2) is 7.67. The molecule has 1 aromatic rings. The number of benzene rings is 1. The molecule has 0 spiro atoms. The minimum Gasteiger partial charge on any atom is -0.480 e. The second-order valence-electron chi connectivity index (χ2n) is 5.49. The molecule has 116 valence electrons. The highest BCUT2D eigenvalue weighted by Gasteiger charge is 2.26. The van der Waals surface area contributed by atoms with Crippen LogP contribution in [0, 0.1) is 12.8 Å². The lowest BCUT2D eigenvalue weighted by Gasteiger charge is -2.24. The van der Waals surface area contributed by atoms with E-state index in [1.54, 1.807) is 7.05 Å². The van der Waals surface area contributed by atoms with Crippen LogP contribution >= 0.6 is 0 Å². The Morgan fingerprint density at radius 2 is 1.86 bits per heavy atom. The Hall–Kier alpha value is -2.04. The van der Waals surface area contributed by atoms with Crippen molar-refractivity contribution in [2.45, 2.75) is 39.8 Å². The van der Waals surface area contributed by atoms with E-state index in [0.29, 0.717) is 13.0 Å². The Kier molecular flexibility index (Phi) is 6.21. The zero-order valence-corrected chi connectivity index (χ0v) is 13.1. The van der Waals surface area contributed by atoms with Gasteiger partial charge in [0, 0.05) is 13.6 Å². The SMILES string of the molecule is CCC(C)C(NC(=O)N(C)Cc1ccc(C)cc1)C(=O)O. The fourth-order valence-electron chi connectivity index (χ4n) is 1.97.